The first-order valence-corrected chi connectivity index (χ1v) is 6.55. The molecule has 1 amide bonds. The Hall–Kier alpha value is -0.0900. The second-order valence-corrected chi connectivity index (χ2v) is 4.71. The van der Waals surface area contributed by atoms with Crippen molar-refractivity contribution in [2.45, 2.75) is 19.3 Å². The van der Waals surface area contributed by atoms with Crippen LogP contribution in [0, 0.1) is 0 Å². The molecule has 0 aliphatic heterocycles. The van der Waals surface area contributed by atoms with Gasteiger partial charge >= 0.3 is 0 Å². The first-order valence-electron chi connectivity index (χ1n) is 4.29. The molecule has 78 valence electrons. The maximum absolute atomic E-state index is 11.0. The predicted molar refractivity (Wildman–Crippen MR) is 56.5 cm³/mol. The van der Waals surface area contributed by atoms with E-state index in [4.69, 9.17) is 11.6 Å². The summed E-state index contributed by atoms with van der Waals surface area (Å²) in [4.78, 5) is 11.0. The maximum atomic E-state index is 11.0. The van der Waals surface area contributed by atoms with Gasteiger partial charge in [-0.15, -0.1) is 11.6 Å². The number of rotatable bonds is 7. The number of hydrogen-bond donors (Lipinski definition) is 1. The third-order valence-corrected chi connectivity index (χ3v) is 2.60. The van der Waals surface area contributed by atoms with Crippen LogP contribution in [0.3, 0.4) is 0 Å². The smallest absolute Gasteiger partial charge is 0.220 e. The van der Waals surface area contributed by atoms with Gasteiger partial charge in [0, 0.05) is 41.7 Å². The molecule has 5 heteroatoms. The van der Waals surface area contributed by atoms with E-state index < -0.39 is 10.8 Å². The fourth-order valence-corrected chi connectivity index (χ4v) is 1.50. The van der Waals surface area contributed by atoms with Crippen LogP contribution in [-0.4, -0.2) is 34.5 Å². The molecule has 0 rings (SSSR count). The van der Waals surface area contributed by atoms with Crippen molar-refractivity contribution in [1.29, 1.82) is 0 Å². The normalized spacial score (nSPS) is 12.5. The quantitative estimate of drug-likeness (QED) is 0.517. The van der Waals surface area contributed by atoms with Crippen LogP contribution in [0.2, 0.25) is 0 Å². The topological polar surface area (TPSA) is 46.2 Å². The lowest BCUT2D eigenvalue weighted by molar-refractivity contribution is -0.121. The second-order valence-electron chi connectivity index (χ2n) is 2.77. The third kappa shape index (κ3) is 9.83. The highest BCUT2D eigenvalue weighted by Crippen LogP contribution is 1.91. The van der Waals surface area contributed by atoms with E-state index in [1.807, 2.05) is 0 Å². The first-order chi connectivity index (χ1) is 6.16. The molecular formula is C8H16ClNO2S. The summed E-state index contributed by atoms with van der Waals surface area (Å²) in [6.07, 6.45) is 3.64. The predicted octanol–water partition coefficient (Wildman–Crippen LogP) is 0.890. The van der Waals surface area contributed by atoms with Gasteiger partial charge in [-0.25, -0.2) is 0 Å². The van der Waals surface area contributed by atoms with E-state index in [0.29, 0.717) is 31.0 Å². The molecule has 0 aliphatic rings. The number of carbonyl (C=O) groups excluding carboxylic acids is 1. The summed E-state index contributed by atoms with van der Waals surface area (Å²) in [6.45, 7) is 0.612. The van der Waals surface area contributed by atoms with Crippen LogP contribution in [0.25, 0.3) is 0 Å². The Labute approximate surface area is 86.7 Å². The summed E-state index contributed by atoms with van der Waals surface area (Å²) >= 11 is 5.43. The Bertz CT molecular complexity index is 176. The van der Waals surface area contributed by atoms with Crippen molar-refractivity contribution in [3.05, 3.63) is 0 Å². The van der Waals surface area contributed by atoms with Crippen LogP contribution in [0.4, 0.5) is 0 Å². The van der Waals surface area contributed by atoms with Gasteiger partial charge in [-0.3, -0.25) is 9.00 Å². The van der Waals surface area contributed by atoms with Crippen LogP contribution >= 0.6 is 11.6 Å². The molecular weight excluding hydrogens is 210 g/mol. The van der Waals surface area contributed by atoms with Crippen LogP contribution in [-0.2, 0) is 15.6 Å². The van der Waals surface area contributed by atoms with Crippen molar-refractivity contribution < 1.29 is 9.00 Å². The molecule has 0 saturated carbocycles. The number of carbonyl (C=O) groups is 1. The van der Waals surface area contributed by atoms with E-state index in [-0.39, 0.29) is 5.91 Å². The lowest BCUT2D eigenvalue weighted by atomic mass is 10.3. The molecule has 0 heterocycles. The van der Waals surface area contributed by atoms with Crippen molar-refractivity contribution in [3.63, 3.8) is 0 Å². The highest BCUT2D eigenvalue weighted by Gasteiger charge is 1.99. The molecule has 0 bridgehead atoms. The Kier molecular flexibility index (Phi) is 8.45. The largest absolute Gasteiger partial charge is 0.356 e. The van der Waals surface area contributed by atoms with Gasteiger partial charge in [0.15, 0.2) is 0 Å². The molecule has 0 aromatic carbocycles. The number of halogens is 1. The average Bonchev–Trinajstić information content (AvgIpc) is 2.08. The Morgan fingerprint density at radius 1 is 1.46 bits per heavy atom. The minimum absolute atomic E-state index is 0.0301. The lowest BCUT2D eigenvalue weighted by Gasteiger charge is -2.02. The third-order valence-electron chi connectivity index (χ3n) is 1.47. The molecule has 3 nitrogen and oxygen atoms in total. The van der Waals surface area contributed by atoms with Crippen molar-refractivity contribution >= 4 is 28.3 Å². The van der Waals surface area contributed by atoms with Crippen molar-refractivity contribution in [2.24, 2.45) is 0 Å². The van der Waals surface area contributed by atoms with E-state index >= 15 is 0 Å². The summed E-state index contributed by atoms with van der Waals surface area (Å²) in [5, 5.41) is 2.74. The number of nitrogens with one attached hydrogen (secondary N) is 1. The minimum Gasteiger partial charge on any atom is -0.356 e. The van der Waals surface area contributed by atoms with E-state index in [1.54, 1.807) is 6.26 Å². The molecule has 13 heavy (non-hydrogen) atoms. The summed E-state index contributed by atoms with van der Waals surface area (Å²) in [7, 11) is -0.758. The van der Waals surface area contributed by atoms with Gasteiger partial charge < -0.3 is 5.32 Å². The van der Waals surface area contributed by atoms with Gasteiger partial charge in [-0.2, -0.15) is 0 Å². The molecule has 0 aromatic heterocycles. The van der Waals surface area contributed by atoms with Crippen LogP contribution < -0.4 is 5.32 Å². The average molecular weight is 226 g/mol. The molecule has 0 aromatic rings. The number of hydrogen-bond acceptors (Lipinski definition) is 2. The van der Waals surface area contributed by atoms with Crippen LogP contribution in [0.5, 0.6) is 0 Å². The van der Waals surface area contributed by atoms with Crippen molar-refractivity contribution in [3.8, 4) is 0 Å². The number of amides is 1. The molecule has 0 fully saturated rings. The summed E-state index contributed by atoms with van der Waals surface area (Å²) in [5.41, 5.74) is 0. The molecule has 1 N–H and O–H groups in total. The Morgan fingerprint density at radius 2 is 2.15 bits per heavy atom. The Morgan fingerprint density at radius 3 is 2.69 bits per heavy atom. The fourth-order valence-electron chi connectivity index (χ4n) is 0.819. The van der Waals surface area contributed by atoms with Gasteiger partial charge in [0.2, 0.25) is 5.91 Å². The summed E-state index contributed by atoms with van der Waals surface area (Å²) in [5.74, 6) is 1.20. The monoisotopic (exact) mass is 225 g/mol. The van der Waals surface area contributed by atoms with Gasteiger partial charge in [0.05, 0.1) is 0 Å². The van der Waals surface area contributed by atoms with Crippen LogP contribution in [0.15, 0.2) is 0 Å². The van der Waals surface area contributed by atoms with Crippen molar-refractivity contribution in [2.75, 3.05) is 24.4 Å². The van der Waals surface area contributed by atoms with Crippen molar-refractivity contribution in [1.82, 2.24) is 5.32 Å². The number of alkyl halides is 1. The molecule has 1 unspecified atom stereocenters. The second kappa shape index (κ2) is 8.51. The zero-order valence-corrected chi connectivity index (χ0v) is 9.42. The molecule has 0 radical (unpaired) electrons. The van der Waals surface area contributed by atoms with Crippen LogP contribution in [0.1, 0.15) is 19.3 Å². The van der Waals surface area contributed by atoms with E-state index in [2.05, 4.69) is 5.32 Å². The van der Waals surface area contributed by atoms with Gasteiger partial charge in [0.1, 0.15) is 0 Å². The highest BCUT2D eigenvalue weighted by molar-refractivity contribution is 7.84. The van der Waals surface area contributed by atoms with E-state index in [1.165, 1.54) is 0 Å². The SMILES string of the molecule is CS(=O)CCCNC(=O)CCCCl. The van der Waals surface area contributed by atoms with E-state index in [0.717, 1.165) is 6.42 Å². The molecule has 0 spiro atoms. The van der Waals surface area contributed by atoms with E-state index in [9.17, 15) is 9.00 Å². The first kappa shape index (κ1) is 12.9. The summed E-state index contributed by atoms with van der Waals surface area (Å²) < 4.78 is 10.6. The highest BCUT2D eigenvalue weighted by atomic mass is 35.5. The molecule has 0 aliphatic carbocycles. The molecule has 0 saturated heterocycles. The lowest BCUT2D eigenvalue weighted by Crippen LogP contribution is -2.25. The fraction of sp³-hybridized carbons (Fsp3) is 0.875. The standard InChI is InChI=1S/C8H16ClNO2S/c1-13(12)7-3-6-10-8(11)4-2-5-9/h2-7H2,1H3,(H,10,11). The Balaban J connectivity index is 3.22. The zero-order valence-electron chi connectivity index (χ0n) is 7.85. The summed E-state index contributed by atoms with van der Waals surface area (Å²) in [6, 6.07) is 0. The zero-order chi connectivity index (χ0) is 10.1. The van der Waals surface area contributed by atoms with Gasteiger partial charge in [-0.1, -0.05) is 0 Å². The maximum Gasteiger partial charge on any atom is 0.220 e. The molecule has 1 atom stereocenters. The minimum atomic E-state index is -0.758. The van der Waals surface area contributed by atoms with Gasteiger partial charge in [-0.05, 0) is 12.8 Å². The van der Waals surface area contributed by atoms with Gasteiger partial charge in [0.25, 0.3) is 0 Å².